The van der Waals surface area contributed by atoms with Gasteiger partial charge >= 0.3 is 0 Å². The average Bonchev–Trinajstić information content (AvgIpc) is 2.34. The number of ether oxygens (including phenoxy) is 1. The molecule has 17 heavy (non-hydrogen) atoms. The Balaban J connectivity index is 2.80. The number of aromatic nitrogens is 2. The zero-order valence-corrected chi connectivity index (χ0v) is 11.2. The molecule has 0 aromatic carbocycles. The van der Waals surface area contributed by atoms with Gasteiger partial charge in [-0.3, -0.25) is 4.79 Å². The Bertz CT molecular complexity index is 465. The van der Waals surface area contributed by atoms with Crippen LogP contribution in [0, 0.1) is 12.3 Å². The standard InChI is InChI=1S/C11H14BrN3O2/c1-3-4-5-13-9-8-14-15(6-7-17-2)11(16)10(9)12/h1,8,13H,4-7H2,2H3. The van der Waals surface area contributed by atoms with E-state index in [0.717, 1.165) is 0 Å². The summed E-state index contributed by atoms with van der Waals surface area (Å²) in [5.41, 5.74) is 0.465. The van der Waals surface area contributed by atoms with Crippen LogP contribution in [0.1, 0.15) is 6.42 Å². The highest BCUT2D eigenvalue weighted by molar-refractivity contribution is 9.10. The zero-order chi connectivity index (χ0) is 12.7. The van der Waals surface area contributed by atoms with E-state index in [9.17, 15) is 4.79 Å². The van der Waals surface area contributed by atoms with E-state index in [2.05, 4.69) is 32.3 Å². The molecule has 1 N–H and O–H groups in total. The smallest absolute Gasteiger partial charge is 0.283 e. The van der Waals surface area contributed by atoms with Gasteiger partial charge in [0.25, 0.3) is 5.56 Å². The van der Waals surface area contributed by atoms with Crippen molar-refractivity contribution in [3.05, 3.63) is 21.0 Å². The molecule has 0 unspecified atom stereocenters. The first-order valence-electron chi connectivity index (χ1n) is 5.12. The van der Waals surface area contributed by atoms with Crippen LogP contribution in [0.15, 0.2) is 15.5 Å². The van der Waals surface area contributed by atoms with E-state index in [4.69, 9.17) is 11.2 Å². The summed E-state index contributed by atoms with van der Waals surface area (Å²) in [6.45, 7) is 1.49. The molecule has 1 aromatic heterocycles. The lowest BCUT2D eigenvalue weighted by atomic mass is 10.4. The van der Waals surface area contributed by atoms with E-state index in [-0.39, 0.29) is 5.56 Å². The molecule has 0 atom stereocenters. The monoisotopic (exact) mass is 299 g/mol. The molecule has 6 heteroatoms. The lowest BCUT2D eigenvalue weighted by molar-refractivity contribution is 0.181. The largest absolute Gasteiger partial charge is 0.383 e. The van der Waals surface area contributed by atoms with Crippen molar-refractivity contribution in [3.63, 3.8) is 0 Å². The van der Waals surface area contributed by atoms with Crippen LogP contribution in [0.3, 0.4) is 0 Å². The molecule has 0 aliphatic rings. The van der Waals surface area contributed by atoms with E-state index in [1.807, 2.05) is 0 Å². The van der Waals surface area contributed by atoms with Gasteiger partial charge in [-0.2, -0.15) is 5.10 Å². The second kappa shape index (κ2) is 7.09. The van der Waals surface area contributed by atoms with Crippen LogP contribution in [-0.4, -0.2) is 30.0 Å². The maximum absolute atomic E-state index is 11.8. The van der Waals surface area contributed by atoms with Gasteiger partial charge in [-0.25, -0.2) is 4.68 Å². The summed E-state index contributed by atoms with van der Waals surface area (Å²) in [7, 11) is 1.58. The van der Waals surface area contributed by atoms with Gasteiger partial charge in [0.15, 0.2) is 0 Å². The summed E-state index contributed by atoms with van der Waals surface area (Å²) < 4.78 is 6.70. The van der Waals surface area contributed by atoms with Crippen LogP contribution >= 0.6 is 15.9 Å². The normalized spacial score (nSPS) is 9.94. The van der Waals surface area contributed by atoms with E-state index in [1.165, 1.54) is 4.68 Å². The number of hydrogen-bond donors (Lipinski definition) is 1. The van der Waals surface area contributed by atoms with Crippen LogP contribution in [0.25, 0.3) is 0 Å². The lowest BCUT2D eigenvalue weighted by Gasteiger charge is -2.09. The first-order valence-corrected chi connectivity index (χ1v) is 5.92. The molecule has 92 valence electrons. The fourth-order valence-electron chi connectivity index (χ4n) is 1.19. The van der Waals surface area contributed by atoms with Gasteiger partial charge in [-0.1, -0.05) is 0 Å². The number of nitrogens with zero attached hydrogens (tertiary/aromatic N) is 2. The molecule has 0 saturated heterocycles. The molecule has 5 nitrogen and oxygen atoms in total. The van der Waals surface area contributed by atoms with Gasteiger partial charge in [0.1, 0.15) is 4.47 Å². The summed E-state index contributed by atoms with van der Waals surface area (Å²) in [5.74, 6) is 2.51. The first-order chi connectivity index (χ1) is 8.20. The second-order valence-electron chi connectivity index (χ2n) is 3.27. The number of rotatable bonds is 6. The summed E-state index contributed by atoms with van der Waals surface area (Å²) in [4.78, 5) is 11.8. The van der Waals surface area contributed by atoms with Crippen LogP contribution in [0.4, 0.5) is 5.69 Å². The maximum atomic E-state index is 11.8. The van der Waals surface area contributed by atoms with Crippen LogP contribution < -0.4 is 10.9 Å². The third kappa shape index (κ3) is 3.88. The van der Waals surface area contributed by atoms with Crippen molar-refractivity contribution >= 4 is 21.6 Å². The number of halogens is 1. The molecule has 0 spiro atoms. The molecule has 0 amide bonds. The molecular formula is C11H14BrN3O2. The van der Waals surface area contributed by atoms with Gasteiger partial charge in [-0.05, 0) is 15.9 Å². The van der Waals surface area contributed by atoms with Crippen molar-refractivity contribution < 1.29 is 4.74 Å². The van der Waals surface area contributed by atoms with Crippen molar-refractivity contribution in [2.75, 3.05) is 25.6 Å². The number of anilines is 1. The Labute approximate surface area is 108 Å². The van der Waals surface area contributed by atoms with Crippen molar-refractivity contribution in [2.45, 2.75) is 13.0 Å². The zero-order valence-electron chi connectivity index (χ0n) is 9.57. The van der Waals surface area contributed by atoms with Crippen molar-refractivity contribution in [1.82, 2.24) is 9.78 Å². The third-order valence-corrected chi connectivity index (χ3v) is 2.84. The SMILES string of the molecule is C#CCCNc1cnn(CCOC)c(=O)c1Br. The van der Waals surface area contributed by atoms with Gasteiger partial charge in [0.05, 0.1) is 25.0 Å². The van der Waals surface area contributed by atoms with Crippen LogP contribution in [0.5, 0.6) is 0 Å². The molecule has 0 aliphatic carbocycles. The fraction of sp³-hybridized carbons (Fsp3) is 0.455. The molecule has 0 aliphatic heterocycles. The van der Waals surface area contributed by atoms with Gasteiger partial charge in [-0.15, -0.1) is 12.3 Å². The minimum absolute atomic E-state index is 0.187. The molecule has 1 aromatic rings. The minimum Gasteiger partial charge on any atom is -0.383 e. The Morgan fingerprint density at radius 1 is 1.71 bits per heavy atom. The Hall–Kier alpha value is -1.32. The highest BCUT2D eigenvalue weighted by atomic mass is 79.9. The fourth-order valence-corrected chi connectivity index (χ4v) is 1.64. The quantitative estimate of drug-likeness (QED) is 0.631. The highest BCUT2D eigenvalue weighted by Gasteiger charge is 2.07. The molecule has 0 bridgehead atoms. The summed E-state index contributed by atoms with van der Waals surface area (Å²) in [6.07, 6.45) is 7.33. The van der Waals surface area contributed by atoms with Crippen LogP contribution in [0.2, 0.25) is 0 Å². The highest BCUT2D eigenvalue weighted by Crippen LogP contribution is 2.15. The molecular weight excluding hydrogens is 286 g/mol. The predicted molar refractivity (Wildman–Crippen MR) is 70.0 cm³/mol. The lowest BCUT2D eigenvalue weighted by Crippen LogP contribution is -2.26. The van der Waals surface area contributed by atoms with E-state index >= 15 is 0 Å². The number of terminal acetylenes is 1. The predicted octanol–water partition coefficient (Wildman–Crippen LogP) is 1.09. The van der Waals surface area contributed by atoms with Gasteiger partial charge < -0.3 is 10.1 Å². The molecule has 0 radical (unpaired) electrons. The molecule has 0 saturated carbocycles. The van der Waals surface area contributed by atoms with Gasteiger partial charge in [0.2, 0.25) is 0 Å². The third-order valence-electron chi connectivity index (χ3n) is 2.08. The van der Waals surface area contributed by atoms with Crippen LogP contribution in [-0.2, 0) is 11.3 Å². The molecule has 1 rings (SSSR count). The molecule has 0 fully saturated rings. The summed E-state index contributed by atoms with van der Waals surface area (Å²) in [6, 6.07) is 0. The average molecular weight is 300 g/mol. The van der Waals surface area contributed by atoms with Crippen molar-refractivity contribution in [2.24, 2.45) is 0 Å². The second-order valence-corrected chi connectivity index (χ2v) is 4.07. The van der Waals surface area contributed by atoms with Crippen molar-refractivity contribution in [3.8, 4) is 12.3 Å². The Kier molecular flexibility index (Phi) is 5.73. The maximum Gasteiger partial charge on any atom is 0.283 e. The number of hydrogen-bond acceptors (Lipinski definition) is 4. The molecule has 1 heterocycles. The Morgan fingerprint density at radius 2 is 2.47 bits per heavy atom. The number of nitrogens with one attached hydrogen (secondary N) is 1. The van der Waals surface area contributed by atoms with Crippen molar-refractivity contribution in [1.29, 1.82) is 0 Å². The van der Waals surface area contributed by atoms with E-state index in [1.54, 1.807) is 13.3 Å². The van der Waals surface area contributed by atoms with Gasteiger partial charge in [0, 0.05) is 20.1 Å². The summed E-state index contributed by atoms with van der Waals surface area (Å²) in [5, 5.41) is 7.08. The van der Waals surface area contributed by atoms with E-state index < -0.39 is 0 Å². The Morgan fingerprint density at radius 3 is 3.12 bits per heavy atom. The number of methoxy groups -OCH3 is 1. The first kappa shape index (κ1) is 13.7. The minimum atomic E-state index is -0.187. The topological polar surface area (TPSA) is 56.1 Å². The van der Waals surface area contributed by atoms with E-state index in [0.29, 0.717) is 36.3 Å². The summed E-state index contributed by atoms with van der Waals surface area (Å²) >= 11 is 3.25.